The van der Waals surface area contributed by atoms with Crippen molar-refractivity contribution in [3.8, 4) is 0 Å². The number of fused-ring (bicyclic) bond motifs is 7. The molecule has 0 aromatic heterocycles. The molecule has 0 amide bonds. The minimum atomic E-state index is -1.89. The third kappa shape index (κ3) is 10.5. The molecule has 32 unspecified atom stereocenters. The van der Waals surface area contributed by atoms with Crippen molar-refractivity contribution in [3.05, 3.63) is 11.6 Å². The Morgan fingerprint density at radius 2 is 1.10 bits per heavy atom. The van der Waals surface area contributed by atoms with Crippen molar-refractivity contribution < 1.29 is 134 Å². The number of carboxylic acid groups (broad SMARTS) is 1. The lowest BCUT2D eigenvalue weighted by molar-refractivity contribution is -0.375. The molecule has 10 aliphatic rings. The Morgan fingerprint density at radius 1 is 0.560 bits per heavy atom. The first kappa shape index (κ1) is 64.7. The van der Waals surface area contributed by atoms with Crippen LogP contribution in [0.15, 0.2) is 11.6 Å². The number of allylic oxidation sites excluding steroid dienone is 2. The van der Waals surface area contributed by atoms with E-state index in [9.17, 15) is 81.4 Å². The van der Waals surface area contributed by atoms with Crippen molar-refractivity contribution in [1.29, 1.82) is 0 Å². The Bertz CT molecular complexity index is 2400. The minimum absolute atomic E-state index is 0.0511. The lowest BCUT2D eigenvalue weighted by Gasteiger charge is -2.71. The summed E-state index contributed by atoms with van der Waals surface area (Å²) >= 11 is 0. The Hall–Kier alpha value is -2.24. The molecule has 4 saturated carbocycles. The molecule has 480 valence electrons. The first-order valence-electron chi connectivity index (χ1n) is 29.7. The summed E-state index contributed by atoms with van der Waals surface area (Å²) in [6.07, 6.45) is -33.0. The summed E-state index contributed by atoms with van der Waals surface area (Å²) in [6.45, 7) is 11.6. The number of ether oxygens (including phenoxy) is 10. The normalized spacial score (nSPS) is 54.8. The first-order chi connectivity index (χ1) is 39.3. The molecule has 5 heterocycles. The van der Waals surface area contributed by atoms with Crippen molar-refractivity contribution in [2.24, 2.45) is 50.2 Å². The zero-order valence-corrected chi connectivity index (χ0v) is 48.5. The second-order valence-corrected chi connectivity index (χ2v) is 27.7. The number of carboxylic acids is 1. The molecule has 27 nitrogen and oxygen atoms in total. The van der Waals surface area contributed by atoms with E-state index >= 15 is 4.79 Å². The van der Waals surface area contributed by atoms with Crippen LogP contribution in [0.5, 0.6) is 0 Å². The average Bonchev–Trinajstić information content (AvgIpc) is 0.714. The van der Waals surface area contributed by atoms with Crippen molar-refractivity contribution in [2.45, 2.75) is 254 Å². The highest BCUT2D eigenvalue weighted by molar-refractivity contribution is 5.79. The lowest BCUT2D eigenvalue weighted by atomic mass is 9.33. The van der Waals surface area contributed by atoms with E-state index in [0.717, 1.165) is 5.57 Å². The first-order valence-corrected chi connectivity index (χ1v) is 29.7. The van der Waals surface area contributed by atoms with Crippen LogP contribution >= 0.6 is 0 Å². The summed E-state index contributed by atoms with van der Waals surface area (Å²) in [7, 11) is 0. The molecule has 0 spiro atoms. The van der Waals surface area contributed by atoms with Gasteiger partial charge < -0.3 is 124 Å². The summed E-state index contributed by atoms with van der Waals surface area (Å²) < 4.78 is 59.1. The van der Waals surface area contributed by atoms with Crippen LogP contribution in [0.2, 0.25) is 0 Å². The van der Waals surface area contributed by atoms with Gasteiger partial charge in [-0.05, 0) is 111 Å². The van der Waals surface area contributed by atoms with E-state index in [1.807, 2.05) is 6.92 Å². The van der Waals surface area contributed by atoms with Crippen molar-refractivity contribution in [1.82, 2.24) is 0 Å². The molecule has 32 atom stereocenters. The van der Waals surface area contributed by atoms with Crippen LogP contribution in [0, 0.1) is 50.2 Å². The third-order valence-electron chi connectivity index (χ3n) is 22.4. The van der Waals surface area contributed by atoms with Gasteiger partial charge in [0.15, 0.2) is 31.3 Å². The van der Waals surface area contributed by atoms with E-state index in [1.165, 1.54) is 13.8 Å². The van der Waals surface area contributed by atoms with Crippen molar-refractivity contribution in [2.75, 3.05) is 26.4 Å². The molecule has 5 aliphatic heterocycles. The van der Waals surface area contributed by atoms with Gasteiger partial charge in [-0.15, -0.1) is 0 Å². The predicted molar refractivity (Wildman–Crippen MR) is 279 cm³/mol. The number of hydrogen-bond acceptors (Lipinski definition) is 26. The largest absolute Gasteiger partial charge is 0.481 e. The number of aliphatic hydroxyl groups excluding tert-OH is 14. The molecule has 5 saturated heterocycles. The Labute approximate surface area is 486 Å². The van der Waals surface area contributed by atoms with Gasteiger partial charge in [-0.25, -0.2) is 0 Å². The van der Waals surface area contributed by atoms with E-state index in [2.05, 4.69) is 33.8 Å². The number of esters is 1. The van der Waals surface area contributed by atoms with Crippen LogP contribution in [0.3, 0.4) is 0 Å². The fraction of sp³-hybridized carbons (Fsp3) is 0.930. The van der Waals surface area contributed by atoms with E-state index in [4.69, 9.17) is 47.4 Å². The number of carbonyl (C=O) groups is 2. The van der Waals surface area contributed by atoms with Crippen LogP contribution in [0.1, 0.15) is 106 Å². The quantitative estimate of drug-likeness (QED) is 0.0519. The summed E-state index contributed by atoms with van der Waals surface area (Å²) in [5.41, 5.74) is -4.15. The van der Waals surface area contributed by atoms with Crippen LogP contribution in [-0.2, 0) is 57.0 Å². The topological polar surface area (TPSA) is 430 Å². The summed E-state index contributed by atoms with van der Waals surface area (Å²) in [6, 6.07) is 0. The molecule has 5 aliphatic carbocycles. The monoisotopic (exact) mass is 1210 g/mol. The molecule has 15 N–H and O–H groups in total. The van der Waals surface area contributed by atoms with Crippen LogP contribution in [0.25, 0.3) is 0 Å². The molecular weight excluding hydrogens is 1120 g/mol. The number of aliphatic hydroxyl groups is 14. The Kier molecular flexibility index (Phi) is 18.1. The fourth-order valence-corrected chi connectivity index (χ4v) is 17.2. The zero-order chi connectivity index (χ0) is 61.3. The van der Waals surface area contributed by atoms with E-state index in [-0.39, 0.29) is 23.7 Å². The SMILES string of the molecule is CC1OC(OC2C(OC(=O)C34CCC(C)(C)CC3C3=CCC5C6(C)CC(O)C(OC7OC(CO)C(O)C(O)C7OC7OCC(O)C(O)C7O)C(C)(C(=O)O)C6CCC5(C)C3(C)CC4)OCC(O)C2O)C(O)C(O)C1OC1OCC(O)C(O)C1O. The maximum atomic E-state index is 15.4. The van der Waals surface area contributed by atoms with Gasteiger partial charge in [-0.1, -0.05) is 46.3 Å². The van der Waals surface area contributed by atoms with Crippen LogP contribution in [0.4, 0.5) is 0 Å². The van der Waals surface area contributed by atoms with Gasteiger partial charge in [0.05, 0.1) is 49.5 Å². The summed E-state index contributed by atoms with van der Waals surface area (Å²) in [4.78, 5) is 29.4. The number of hydrogen-bond donors (Lipinski definition) is 15. The van der Waals surface area contributed by atoms with Crippen molar-refractivity contribution in [3.63, 3.8) is 0 Å². The van der Waals surface area contributed by atoms with E-state index in [1.54, 1.807) is 0 Å². The number of aliphatic carboxylic acids is 1. The van der Waals surface area contributed by atoms with Crippen molar-refractivity contribution >= 4 is 11.9 Å². The molecule has 27 heteroatoms. The Morgan fingerprint density at radius 3 is 1.70 bits per heavy atom. The Balaban J connectivity index is 0.890. The highest BCUT2D eigenvalue weighted by Crippen LogP contribution is 2.76. The van der Waals surface area contributed by atoms with Crippen LogP contribution < -0.4 is 0 Å². The van der Waals surface area contributed by atoms with Gasteiger partial charge in [-0.3, -0.25) is 9.59 Å². The smallest absolute Gasteiger partial charge is 0.315 e. The second kappa shape index (κ2) is 23.5. The standard InChI is InChI=1S/C57H90O27/c1-22-41(80-45-38(69)32(63)26(60)19-75-45)37(68)40(71)47(78-22)82-42-34(65)28(62)21-77-48(42)84-51(74)57-14-12-52(2,3)16-24(57)23-8-9-30-53(4)17-25(59)44(56(7,50(72)73)31(53)10-11-55(30,6)54(23,5)13-15-57)83-49-43(36(67)35(66)29(18-58)79-49)81-46-39(70)33(64)27(61)20-76-46/h8,22,24-49,58-71H,9-21H2,1-7H3,(H,72,73). The minimum Gasteiger partial charge on any atom is -0.481 e. The maximum Gasteiger partial charge on any atom is 0.315 e. The van der Waals surface area contributed by atoms with E-state index in [0.29, 0.717) is 51.4 Å². The van der Waals surface area contributed by atoms with Gasteiger partial charge in [0, 0.05) is 0 Å². The molecule has 0 aromatic rings. The molecule has 0 aromatic carbocycles. The van der Waals surface area contributed by atoms with Gasteiger partial charge in [0.2, 0.25) is 6.29 Å². The molecule has 0 radical (unpaired) electrons. The highest BCUT2D eigenvalue weighted by atomic mass is 16.8. The molecule has 0 bridgehead atoms. The molecule has 10 rings (SSSR count). The second-order valence-electron chi connectivity index (χ2n) is 27.7. The number of rotatable bonds is 12. The highest BCUT2D eigenvalue weighted by Gasteiger charge is 2.73. The molecule has 84 heavy (non-hydrogen) atoms. The maximum absolute atomic E-state index is 15.4. The molecule has 9 fully saturated rings. The number of carbonyl (C=O) groups excluding carboxylic acids is 1. The molecular formula is C57H90O27. The van der Waals surface area contributed by atoms with Gasteiger partial charge in [0.25, 0.3) is 0 Å². The summed E-state index contributed by atoms with van der Waals surface area (Å²) in [5.74, 6) is -3.17. The lowest BCUT2D eigenvalue weighted by Crippen LogP contribution is -2.70. The van der Waals surface area contributed by atoms with E-state index < -0.39 is 219 Å². The summed E-state index contributed by atoms with van der Waals surface area (Å²) in [5, 5.41) is 163. The van der Waals surface area contributed by atoms with Crippen LogP contribution in [-0.4, -0.2) is 262 Å². The third-order valence-corrected chi connectivity index (χ3v) is 22.4. The van der Waals surface area contributed by atoms with Gasteiger partial charge in [0.1, 0.15) is 97.7 Å². The van der Waals surface area contributed by atoms with Gasteiger partial charge >= 0.3 is 11.9 Å². The average molecular weight is 1210 g/mol. The predicted octanol–water partition coefficient (Wildman–Crippen LogP) is -3.23. The fourth-order valence-electron chi connectivity index (χ4n) is 17.2. The van der Waals surface area contributed by atoms with Gasteiger partial charge in [-0.2, -0.15) is 0 Å². The zero-order valence-electron chi connectivity index (χ0n) is 48.5.